The van der Waals surface area contributed by atoms with Crippen LogP contribution in [0.4, 0.5) is 0 Å². The molecule has 1 aromatic rings. The summed E-state index contributed by atoms with van der Waals surface area (Å²) in [5.74, 6) is 0.780. The molecular weight excluding hydrogens is 298 g/mol. The van der Waals surface area contributed by atoms with Crippen molar-refractivity contribution in [2.24, 2.45) is 4.99 Å². The Hall–Kier alpha value is -1.63. The van der Waals surface area contributed by atoms with E-state index >= 15 is 0 Å². The number of aromatic nitrogens is 1. The molecule has 2 rings (SSSR count). The van der Waals surface area contributed by atoms with E-state index in [-0.39, 0.29) is 12.5 Å². The summed E-state index contributed by atoms with van der Waals surface area (Å²) >= 11 is 1.66. The molecule has 0 aromatic carbocycles. The van der Waals surface area contributed by atoms with Crippen molar-refractivity contribution in [2.75, 3.05) is 26.2 Å². The van der Waals surface area contributed by atoms with E-state index in [1.807, 2.05) is 24.9 Å². The predicted molar refractivity (Wildman–Crippen MR) is 90.1 cm³/mol. The number of likely N-dealkylation sites (tertiary alicyclic amines) is 1. The van der Waals surface area contributed by atoms with Gasteiger partial charge in [0.1, 0.15) is 11.6 Å². The van der Waals surface area contributed by atoms with Gasteiger partial charge < -0.3 is 15.5 Å². The van der Waals surface area contributed by atoms with Gasteiger partial charge in [0.2, 0.25) is 5.91 Å². The summed E-state index contributed by atoms with van der Waals surface area (Å²) in [5.41, 5.74) is 0. The molecule has 0 spiro atoms. The number of nitrogens with zero attached hydrogens (tertiary/aromatic N) is 3. The first-order valence-corrected chi connectivity index (χ1v) is 8.72. The molecule has 1 saturated heterocycles. The summed E-state index contributed by atoms with van der Waals surface area (Å²) in [4.78, 5) is 24.0. The predicted octanol–water partition coefficient (Wildman–Crippen LogP) is 1.52. The molecule has 0 saturated carbocycles. The van der Waals surface area contributed by atoms with Gasteiger partial charge in [0, 0.05) is 30.7 Å². The molecule has 7 heteroatoms. The fraction of sp³-hybridized carbons (Fsp3) is 0.667. The van der Waals surface area contributed by atoms with E-state index in [2.05, 4.69) is 20.6 Å². The molecule has 2 heterocycles. The van der Waals surface area contributed by atoms with Crippen LogP contribution in [0, 0.1) is 6.92 Å². The molecule has 22 heavy (non-hydrogen) atoms. The fourth-order valence-electron chi connectivity index (χ4n) is 2.37. The number of amides is 1. The van der Waals surface area contributed by atoms with Crippen LogP contribution in [0.5, 0.6) is 0 Å². The van der Waals surface area contributed by atoms with Crippen LogP contribution in [-0.4, -0.2) is 47.9 Å². The van der Waals surface area contributed by atoms with Crippen LogP contribution in [0.1, 0.15) is 36.1 Å². The molecule has 0 radical (unpaired) electrons. The van der Waals surface area contributed by atoms with E-state index < -0.39 is 0 Å². The molecule has 6 nitrogen and oxygen atoms in total. The maximum absolute atomic E-state index is 12.1. The van der Waals surface area contributed by atoms with Crippen molar-refractivity contribution in [3.63, 3.8) is 0 Å². The maximum Gasteiger partial charge on any atom is 0.244 e. The number of carbonyl (C=O) groups is 1. The highest BCUT2D eigenvalue weighted by Crippen LogP contribution is 2.10. The van der Waals surface area contributed by atoms with Gasteiger partial charge in [-0.15, -0.1) is 11.3 Å². The van der Waals surface area contributed by atoms with Crippen molar-refractivity contribution >= 4 is 23.2 Å². The van der Waals surface area contributed by atoms with Gasteiger partial charge in [-0.25, -0.2) is 9.98 Å². The van der Waals surface area contributed by atoms with Crippen LogP contribution >= 0.6 is 11.3 Å². The minimum atomic E-state index is 0.113. The Morgan fingerprint density at radius 3 is 2.77 bits per heavy atom. The number of hydrogen-bond acceptors (Lipinski definition) is 4. The normalized spacial score (nSPS) is 15.7. The summed E-state index contributed by atoms with van der Waals surface area (Å²) in [6.07, 6.45) is 5.31. The maximum atomic E-state index is 12.1. The second kappa shape index (κ2) is 8.73. The zero-order valence-electron chi connectivity index (χ0n) is 13.4. The van der Waals surface area contributed by atoms with E-state index in [1.54, 1.807) is 11.3 Å². The van der Waals surface area contributed by atoms with Gasteiger partial charge in [-0.1, -0.05) is 0 Å². The average molecular weight is 323 g/mol. The zero-order valence-corrected chi connectivity index (χ0v) is 14.2. The van der Waals surface area contributed by atoms with Gasteiger partial charge >= 0.3 is 0 Å². The summed E-state index contributed by atoms with van der Waals surface area (Å²) in [6.45, 7) is 7.39. The molecular formula is C15H25N5OS. The van der Waals surface area contributed by atoms with E-state index in [4.69, 9.17) is 0 Å². The number of rotatable bonds is 5. The van der Waals surface area contributed by atoms with Crippen LogP contribution in [0.25, 0.3) is 0 Å². The lowest BCUT2D eigenvalue weighted by molar-refractivity contribution is -0.130. The highest BCUT2D eigenvalue weighted by atomic mass is 32.1. The number of guanidine groups is 1. The van der Waals surface area contributed by atoms with Crippen molar-refractivity contribution in [3.05, 3.63) is 16.1 Å². The van der Waals surface area contributed by atoms with Crippen molar-refractivity contribution in [1.82, 2.24) is 20.5 Å². The lowest BCUT2D eigenvalue weighted by atomic mass is 10.1. The summed E-state index contributed by atoms with van der Waals surface area (Å²) < 4.78 is 0. The monoisotopic (exact) mass is 323 g/mol. The molecule has 0 aliphatic carbocycles. The second-order valence-corrected chi connectivity index (χ2v) is 6.67. The first-order chi connectivity index (χ1) is 10.7. The second-order valence-electron chi connectivity index (χ2n) is 5.35. The first kappa shape index (κ1) is 16.7. The Balaban J connectivity index is 1.84. The molecule has 122 valence electrons. The third-order valence-electron chi connectivity index (χ3n) is 3.50. The van der Waals surface area contributed by atoms with Gasteiger partial charge in [-0.3, -0.25) is 4.79 Å². The number of carbonyl (C=O) groups excluding carboxylic acids is 1. The van der Waals surface area contributed by atoms with Crippen LogP contribution in [0.2, 0.25) is 0 Å². The number of hydrogen-bond donors (Lipinski definition) is 2. The van der Waals surface area contributed by atoms with E-state index in [0.717, 1.165) is 37.5 Å². The van der Waals surface area contributed by atoms with Gasteiger partial charge in [0.15, 0.2) is 5.96 Å². The highest BCUT2D eigenvalue weighted by molar-refractivity contribution is 7.11. The standard InChI is InChI=1S/C15H25N5OS/c1-3-16-15(18-10-13-17-9-12(2)22-13)19-11-14(21)20-7-5-4-6-8-20/h9H,3-8,10-11H2,1-2H3,(H2,16,18,19). The Morgan fingerprint density at radius 1 is 1.36 bits per heavy atom. The average Bonchev–Trinajstić information content (AvgIpc) is 2.96. The number of aryl methyl sites for hydroxylation is 1. The fourth-order valence-corrected chi connectivity index (χ4v) is 3.10. The van der Waals surface area contributed by atoms with Crippen molar-refractivity contribution in [3.8, 4) is 0 Å². The SMILES string of the molecule is CCNC(=NCC(=O)N1CCCCC1)NCc1ncc(C)s1. The largest absolute Gasteiger partial charge is 0.357 e. The molecule has 1 aliphatic rings. The van der Waals surface area contributed by atoms with Crippen molar-refractivity contribution in [2.45, 2.75) is 39.7 Å². The minimum absolute atomic E-state index is 0.113. The highest BCUT2D eigenvalue weighted by Gasteiger charge is 2.15. The molecule has 0 unspecified atom stereocenters. The van der Waals surface area contributed by atoms with E-state index in [9.17, 15) is 4.79 Å². The molecule has 1 aromatic heterocycles. The smallest absolute Gasteiger partial charge is 0.244 e. The van der Waals surface area contributed by atoms with Crippen LogP contribution in [0.15, 0.2) is 11.2 Å². The molecule has 0 bridgehead atoms. The third kappa shape index (κ3) is 5.29. The Labute approximate surface area is 136 Å². The molecule has 1 aliphatic heterocycles. The van der Waals surface area contributed by atoms with Gasteiger partial charge in [-0.05, 0) is 33.1 Å². The third-order valence-corrected chi connectivity index (χ3v) is 4.41. The van der Waals surface area contributed by atoms with Crippen molar-refractivity contribution < 1.29 is 4.79 Å². The Morgan fingerprint density at radius 2 is 2.14 bits per heavy atom. The Bertz CT molecular complexity index is 508. The van der Waals surface area contributed by atoms with E-state index in [0.29, 0.717) is 12.5 Å². The molecule has 2 N–H and O–H groups in total. The van der Waals surface area contributed by atoms with Gasteiger partial charge in [0.25, 0.3) is 0 Å². The number of nitrogens with one attached hydrogen (secondary N) is 2. The Kier molecular flexibility index (Phi) is 6.64. The minimum Gasteiger partial charge on any atom is -0.357 e. The molecule has 1 fully saturated rings. The number of aliphatic imine (C=N–C) groups is 1. The first-order valence-electron chi connectivity index (χ1n) is 7.90. The van der Waals surface area contributed by atoms with Gasteiger partial charge in [-0.2, -0.15) is 0 Å². The topological polar surface area (TPSA) is 69.6 Å². The van der Waals surface area contributed by atoms with E-state index in [1.165, 1.54) is 11.3 Å². The quantitative estimate of drug-likeness (QED) is 0.637. The summed E-state index contributed by atoms with van der Waals surface area (Å²) in [7, 11) is 0. The lowest BCUT2D eigenvalue weighted by Crippen LogP contribution is -2.40. The van der Waals surface area contributed by atoms with Crippen LogP contribution in [0.3, 0.4) is 0 Å². The summed E-state index contributed by atoms with van der Waals surface area (Å²) in [6, 6.07) is 0. The number of piperidine rings is 1. The van der Waals surface area contributed by atoms with Crippen molar-refractivity contribution in [1.29, 1.82) is 0 Å². The zero-order chi connectivity index (χ0) is 15.8. The summed E-state index contributed by atoms with van der Waals surface area (Å²) in [5, 5.41) is 7.41. The van der Waals surface area contributed by atoms with Crippen LogP contribution < -0.4 is 10.6 Å². The molecule has 1 amide bonds. The van der Waals surface area contributed by atoms with Crippen LogP contribution in [-0.2, 0) is 11.3 Å². The lowest BCUT2D eigenvalue weighted by Gasteiger charge is -2.26. The van der Waals surface area contributed by atoms with Gasteiger partial charge in [0.05, 0.1) is 6.54 Å². The number of thiazole rings is 1. The molecule has 0 atom stereocenters.